The molecule has 0 aliphatic carbocycles. The summed E-state index contributed by atoms with van der Waals surface area (Å²) < 4.78 is 1.79. The predicted octanol–water partition coefficient (Wildman–Crippen LogP) is 2.61. The smallest absolute Gasteiger partial charge is 0.227 e. The summed E-state index contributed by atoms with van der Waals surface area (Å²) in [6.07, 6.45) is 4.66. The number of carbonyl (C=O) groups is 1. The van der Waals surface area contributed by atoms with Gasteiger partial charge in [0.25, 0.3) is 0 Å². The van der Waals surface area contributed by atoms with Crippen molar-refractivity contribution in [1.82, 2.24) is 20.0 Å². The standard InChI is InChI=1S/C18H20Cl2N4O/c1-23-9-12(6-22-23)14-7-21-8-15(14)18(25)24-3-2-11-4-13(19)5-17(20)16(11)10-24/h4-6,9,14-15,21H,2-3,7-8,10H2,1H3/t14-,15+/m1/s1. The molecule has 7 heteroatoms. The number of fused-ring (bicyclic) bond motifs is 1. The molecule has 3 heterocycles. The zero-order valence-electron chi connectivity index (χ0n) is 14.0. The molecule has 2 aliphatic rings. The maximum Gasteiger partial charge on any atom is 0.227 e. The van der Waals surface area contributed by atoms with Crippen LogP contribution in [0.3, 0.4) is 0 Å². The Bertz CT molecular complexity index is 819. The molecule has 1 fully saturated rings. The number of hydrogen-bond acceptors (Lipinski definition) is 3. The SMILES string of the molecule is Cn1cc([C@H]2CNC[C@@H]2C(=O)N2CCc3cc(Cl)cc(Cl)c3C2)cn1. The van der Waals surface area contributed by atoms with Crippen LogP contribution in [-0.4, -0.2) is 40.2 Å². The third-order valence-corrected chi connectivity index (χ3v) is 5.80. The van der Waals surface area contributed by atoms with Gasteiger partial charge >= 0.3 is 0 Å². The highest BCUT2D eigenvalue weighted by Crippen LogP contribution is 2.33. The minimum absolute atomic E-state index is 0.0585. The molecule has 0 saturated carbocycles. The molecule has 0 bridgehead atoms. The molecule has 2 aromatic rings. The second kappa shape index (κ2) is 6.63. The fourth-order valence-electron chi connectivity index (χ4n) is 3.92. The van der Waals surface area contributed by atoms with Gasteiger partial charge in [-0.2, -0.15) is 5.10 Å². The van der Waals surface area contributed by atoms with Crippen molar-refractivity contribution in [1.29, 1.82) is 0 Å². The van der Waals surface area contributed by atoms with Gasteiger partial charge in [-0.3, -0.25) is 9.48 Å². The number of carbonyl (C=O) groups excluding carboxylic acids is 1. The van der Waals surface area contributed by atoms with Gasteiger partial charge in [-0.1, -0.05) is 23.2 Å². The molecule has 1 aromatic carbocycles. The Hall–Kier alpha value is -1.56. The minimum atomic E-state index is -0.0585. The van der Waals surface area contributed by atoms with Crippen molar-refractivity contribution in [2.45, 2.75) is 18.9 Å². The van der Waals surface area contributed by atoms with E-state index in [1.54, 1.807) is 10.7 Å². The zero-order chi connectivity index (χ0) is 17.6. The van der Waals surface area contributed by atoms with Crippen molar-refractivity contribution in [2.75, 3.05) is 19.6 Å². The highest BCUT2D eigenvalue weighted by Gasteiger charge is 2.38. The van der Waals surface area contributed by atoms with Crippen molar-refractivity contribution in [2.24, 2.45) is 13.0 Å². The number of aromatic nitrogens is 2. The molecule has 0 unspecified atom stereocenters. The number of benzene rings is 1. The van der Waals surface area contributed by atoms with Gasteiger partial charge in [0.2, 0.25) is 5.91 Å². The number of hydrogen-bond donors (Lipinski definition) is 1. The minimum Gasteiger partial charge on any atom is -0.338 e. The molecule has 0 spiro atoms. The summed E-state index contributed by atoms with van der Waals surface area (Å²) in [5, 5.41) is 8.91. The number of nitrogens with zero attached hydrogens (tertiary/aromatic N) is 3. The molecule has 1 saturated heterocycles. The number of nitrogens with one attached hydrogen (secondary N) is 1. The van der Waals surface area contributed by atoms with E-state index >= 15 is 0 Å². The van der Waals surface area contributed by atoms with E-state index in [4.69, 9.17) is 23.2 Å². The molecule has 4 rings (SSSR count). The molecule has 1 N–H and O–H groups in total. The summed E-state index contributed by atoms with van der Waals surface area (Å²) in [5.41, 5.74) is 3.29. The molecular weight excluding hydrogens is 359 g/mol. The van der Waals surface area contributed by atoms with Crippen LogP contribution in [-0.2, 0) is 24.8 Å². The summed E-state index contributed by atoms with van der Waals surface area (Å²) in [4.78, 5) is 15.1. The molecule has 25 heavy (non-hydrogen) atoms. The van der Waals surface area contributed by atoms with Crippen LogP contribution in [0, 0.1) is 5.92 Å². The summed E-state index contributed by atoms with van der Waals surface area (Å²) in [6.45, 7) is 2.78. The molecule has 2 atom stereocenters. The largest absolute Gasteiger partial charge is 0.338 e. The van der Waals surface area contributed by atoms with Gasteiger partial charge in [0.15, 0.2) is 0 Å². The quantitative estimate of drug-likeness (QED) is 0.873. The van der Waals surface area contributed by atoms with Gasteiger partial charge in [-0.15, -0.1) is 0 Å². The monoisotopic (exact) mass is 378 g/mol. The fraction of sp³-hybridized carbons (Fsp3) is 0.444. The van der Waals surface area contributed by atoms with Crippen LogP contribution < -0.4 is 5.32 Å². The first-order valence-corrected chi connectivity index (χ1v) is 9.23. The van der Waals surface area contributed by atoms with Gasteiger partial charge < -0.3 is 10.2 Å². The first-order valence-electron chi connectivity index (χ1n) is 8.48. The van der Waals surface area contributed by atoms with Crippen LogP contribution in [0.25, 0.3) is 0 Å². The van der Waals surface area contributed by atoms with E-state index in [-0.39, 0.29) is 17.7 Å². The van der Waals surface area contributed by atoms with E-state index in [0.29, 0.717) is 29.7 Å². The maximum absolute atomic E-state index is 13.2. The summed E-state index contributed by atoms with van der Waals surface area (Å²) in [5.74, 6) is 0.302. The molecule has 2 aliphatic heterocycles. The van der Waals surface area contributed by atoms with Crippen LogP contribution in [0.2, 0.25) is 10.0 Å². The molecule has 1 amide bonds. The van der Waals surface area contributed by atoms with Crippen molar-refractivity contribution < 1.29 is 4.79 Å². The highest BCUT2D eigenvalue weighted by atomic mass is 35.5. The van der Waals surface area contributed by atoms with Crippen LogP contribution in [0.15, 0.2) is 24.5 Å². The highest BCUT2D eigenvalue weighted by molar-refractivity contribution is 6.35. The Labute approximate surface area is 156 Å². The molecule has 0 radical (unpaired) electrons. The Morgan fingerprint density at radius 1 is 1.32 bits per heavy atom. The second-order valence-corrected chi connectivity index (χ2v) is 7.70. The Balaban J connectivity index is 1.55. The Morgan fingerprint density at radius 3 is 2.92 bits per heavy atom. The maximum atomic E-state index is 13.2. The Morgan fingerprint density at radius 2 is 2.16 bits per heavy atom. The van der Waals surface area contributed by atoms with Crippen molar-refractivity contribution in [3.05, 3.63) is 51.3 Å². The first-order chi connectivity index (χ1) is 12.0. The number of rotatable bonds is 2. The van der Waals surface area contributed by atoms with Crippen LogP contribution >= 0.6 is 23.2 Å². The molecule has 1 aromatic heterocycles. The third kappa shape index (κ3) is 3.16. The van der Waals surface area contributed by atoms with Gasteiger partial charge in [-0.05, 0) is 35.2 Å². The van der Waals surface area contributed by atoms with Crippen molar-refractivity contribution in [3.8, 4) is 0 Å². The van der Waals surface area contributed by atoms with E-state index in [9.17, 15) is 4.79 Å². The molecule has 5 nitrogen and oxygen atoms in total. The van der Waals surface area contributed by atoms with E-state index in [1.807, 2.05) is 30.4 Å². The van der Waals surface area contributed by atoms with E-state index in [1.165, 1.54) is 0 Å². The van der Waals surface area contributed by atoms with Gasteiger partial charge in [0, 0.05) is 55.4 Å². The van der Waals surface area contributed by atoms with Crippen LogP contribution in [0.1, 0.15) is 22.6 Å². The lowest BCUT2D eigenvalue weighted by Crippen LogP contribution is -2.41. The second-order valence-electron chi connectivity index (χ2n) is 6.85. The van der Waals surface area contributed by atoms with Gasteiger partial charge in [0.1, 0.15) is 0 Å². The summed E-state index contributed by atoms with van der Waals surface area (Å²) in [6, 6.07) is 3.71. The predicted molar refractivity (Wildman–Crippen MR) is 97.9 cm³/mol. The third-order valence-electron chi connectivity index (χ3n) is 5.25. The van der Waals surface area contributed by atoms with Crippen LogP contribution in [0.5, 0.6) is 0 Å². The normalized spacial score (nSPS) is 22.9. The average Bonchev–Trinajstić information content (AvgIpc) is 3.22. The fourth-order valence-corrected chi connectivity index (χ4v) is 4.52. The van der Waals surface area contributed by atoms with Gasteiger partial charge in [-0.25, -0.2) is 0 Å². The summed E-state index contributed by atoms with van der Waals surface area (Å²) >= 11 is 12.5. The Kier molecular flexibility index (Phi) is 4.48. The van der Waals surface area contributed by atoms with Crippen molar-refractivity contribution >= 4 is 29.1 Å². The van der Waals surface area contributed by atoms with Crippen LogP contribution in [0.4, 0.5) is 0 Å². The summed E-state index contributed by atoms with van der Waals surface area (Å²) in [7, 11) is 1.90. The lowest BCUT2D eigenvalue weighted by atomic mass is 9.89. The molecular formula is C18H20Cl2N4O. The topological polar surface area (TPSA) is 50.2 Å². The zero-order valence-corrected chi connectivity index (χ0v) is 15.5. The number of halogens is 2. The average molecular weight is 379 g/mol. The number of aryl methyl sites for hydroxylation is 1. The lowest BCUT2D eigenvalue weighted by molar-refractivity contribution is -0.136. The van der Waals surface area contributed by atoms with E-state index in [0.717, 1.165) is 29.7 Å². The lowest BCUT2D eigenvalue weighted by Gasteiger charge is -2.32. The molecule has 132 valence electrons. The van der Waals surface area contributed by atoms with Crippen molar-refractivity contribution in [3.63, 3.8) is 0 Å². The van der Waals surface area contributed by atoms with Gasteiger partial charge in [0.05, 0.1) is 12.1 Å². The first kappa shape index (κ1) is 16.9. The number of amides is 1. The van der Waals surface area contributed by atoms with E-state index in [2.05, 4.69) is 10.4 Å². The van der Waals surface area contributed by atoms with E-state index < -0.39 is 0 Å².